The molecule has 2 N–H and O–H groups in total. The van der Waals surface area contributed by atoms with E-state index < -0.39 is 11.8 Å². The van der Waals surface area contributed by atoms with E-state index in [1.165, 1.54) is 19.2 Å². The minimum atomic E-state index is -0.484. The van der Waals surface area contributed by atoms with Gasteiger partial charge in [-0.25, -0.2) is 4.39 Å². The van der Waals surface area contributed by atoms with E-state index in [1.54, 1.807) is 30.3 Å². The maximum Gasteiger partial charge on any atom is 0.310 e. The topological polar surface area (TPSA) is 61.5 Å². The number of ether oxygens (including phenoxy) is 2. The number of carbonyl (C=O) groups excluding carboxylic acids is 1. The Morgan fingerprint density at radius 1 is 1.19 bits per heavy atom. The molecule has 0 fully saturated rings. The fraction of sp³-hybridized carbons (Fsp3) is 0.188. The van der Waals surface area contributed by atoms with Crippen molar-refractivity contribution in [1.82, 2.24) is 0 Å². The Morgan fingerprint density at radius 2 is 2.00 bits per heavy atom. The standard InChI is InChI=1S/C16H16FNO3/c1-20-15-6-5-12(8-14(15)17)10-21-16(19)9-11-3-2-4-13(18)7-11/h2-8H,9-10,18H2,1H3. The number of benzene rings is 2. The number of methoxy groups -OCH3 is 1. The predicted molar refractivity (Wildman–Crippen MR) is 77.3 cm³/mol. The van der Waals surface area contributed by atoms with Crippen LogP contribution in [0.5, 0.6) is 5.75 Å². The minimum Gasteiger partial charge on any atom is -0.494 e. The molecule has 0 aliphatic heterocycles. The summed E-state index contributed by atoms with van der Waals surface area (Å²) in [5.74, 6) is -0.719. The molecule has 4 nitrogen and oxygen atoms in total. The molecule has 21 heavy (non-hydrogen) atoms. The molecule has 0 unspecified atom stereocenters. The maximum absolute atomic E-state index is 13.5. The molecule has 0 heterocycles. The van der Waals surface area contributed by atoms with Crippen LogP contribution in [-0.4, -0.2) is 13.1 Å². The molecular formula is C16H16FNO3. The van der Waals surface area contributed by atoms with E-state index in [2.05, 4.69) is 0 Å². The fourth-order valence-electron chi connectivity index (χ4n) is 1.88. The second-order valence-corrected chi connectivity index (χ2v) is 4.55. The Bertz CT molecular complexity index is 643. The average molecular weight is 289 g/mol. The first-order chi connectivity index (χ1) is 10.1. The molecule has 0 saturated heterocycles. The second kappa shape index (κ2) is 6.74. The van der Waals surface area contributed by atoms with Crippen LogP contribution in [0.25, 0.3) is 0 Å². The molecule has 0 aliphatic carbocycles. The van der Waals surface area contributed by atoms with Gasteiger partial charge in [-0.2, -0.15) is 0 Å². The third kappa shape index (κ3) is 4.21. The number of rotatable bonds is 5. The van der Waals surface area contributed by atoms with Crippen molar-refractivity contribution in [3.63, 3.8) is 0 Å². The van der Waals surface area contributed by atoms with Crippen molar-refractivity contribution in [3.8, 4) is 5.75 Å². The Balaban J connectivity index is 1.90. The lowest BCUT2D eigenvalue weighted by molar-refractivity contribution is -0.144. The molecule has 2 aromatic carbocycles. The van der Waals surface area contributed by atoms with E-state index in [4.69, 9.17) is 15.2 Å². The summed E-state index contributed by atoms with van der Waals surface area (Å²) in [5.41, 5.74) is 7.58. The number of hydrogen-bond donors (Lipinski definition) is 1. The van der Waals surface area contributed by atoms with Crippen molar-refractivity contribution in [2.75, 3.05) is 12.8 Å². The zero-order chi connectivity index (χ0) is 15.2. The van der Waals surface area contributed by atoms with Gasteiger partial charge in [-0.3, -0.25) is 4.79 Å². The smallest absolute Gasteiger partial charge is 0.310 e. The first-order valence-corrected chi connectivity index (χ1v) is 6.41. The number of nitrogen functional groups attached to an aromatic ring is 1. The number of halogens is 1. The van der Waals surface area contributed by atoms with Crippen LogP contribution in [0.1, 0.15) is 11.1 Å². The highest BCUT2D eigenvalue weighted by molar-refractivity contribution is 5.73. The summed E-state index contributed by atoms with van der Waals surface area (Å²) < 4.78 is 23.4. The molecule has 0 radical (unpaired) electrons. The van der Waals surface area contributed by atoms with E-state index in [1.807, 2.05) is 0 Å². The van der Waals surface area contributed by atoms with Gasteiger partial charge in [-0.15, -0.1) is 0 Å². The highest BCUT2D eigenvalue weighted by Gasteiger charge is 2.08. The highest BCUT2D eigenvalue weighted by Crippen LogP contribution is 2.18. The highest BCUT2D eigenvalue weighted by atomic mass is 19.1. The van der Waals surface area contributed by atoms with Crippen LogP contribution in [-0.2, 0) is 22.6 Å². The number of anilines is 1. The van der Waals surface area contributed by atoms with Crippen LogP contribution < -0.4 is 10.5 Å². The molecular weight excluding hydrogens is 273 g/mol. The van der Waals surface area contributed by atoms with Crippen molar-refractivity contribution in [2.45, 2.75) is 13.0 Å². The first-order valence-electron chi connectivity index (χ1n) is 6.41. The third-order valence-electron chi connectivity index (χ3n) is 2.92. The summed E-state index contributed by atoms with van der Waals surface area (Å²) in [6, 6.07) is 11.5. The van der Waals surface area contributed by atoms with Crippen LogP contribution in [0.3, 0.4) is 0 Å². The van der Waals surface area contributed by atoms with Gasteiger partial charge in [0.15, 0.2) is 11.6 Å². The van der Waals surface area contributed by atoms with Gasteiger partial charge in [0.25, 0.3) is 0 Å². The molecule has 0 saturated carbocycles. The van der Waals surface area contributed by atoms with E-state index in [-0.39, 0.29) is 18.8 Å². The lowest BCUT2D eigenvalue weighted by atomic mass is 10.1. The quantitative estimate of drug-likeness (QED) is 0.679. The lowest BCUT2D eigenvalue weighted by Crippen LogP contribution is -2.08. The van der Waals surface area contributed by atoms with E-state index in [9.17, 15) is 9.18 Å². The van der Waals surface area contributed by atoms with Crippen molar-refractivity contribution in [2.24, 2.45) is 0 Å². The number of hydrogen-bond acceptors (Lipinski definition) is 4. The summed E-state index contributed by atoms with van der Waals surface area (Å²) in [5, 5.41) is 0. The van der Waals surface area contributed by atoms with E-state index in [0.717, 1.165) is 5.56 Å². The largest absolute Gasteiger partial charge is 0.494 e. The van der Waals surface area contributed by atoms with E-state index >= 15 is 0 Å². The molecule has 2 aromatic rings. The van der Waals surface area contributed by atoms with Crippen LogP contribution in [0.4, 0.5) is 10.1 Å². The first kappa shape index (κ1) is 14.8. The molecule has 0 aliphatic rings. The van der Waals surface area contributed by atoms with Gasteiger partial charge in [0.2, 0.25) is 0 Å². The Morgan fingerprint density at radius 3 is 2.67 bits per heavy atom. The molecule has 0 amide bonds. The van der Waals surface area contributed by atoms with Gasteiger partial charge in [-0.05, 0) is 35.4 Å². The second-order valence-electron chi connectivity index (χ2n) is 4.55. The summed E-state index contributed by atoms with van der Waals surface area (Å²) in [7, 11) is 1.39. The summed E-state index contributed by atoms with van der Waals surface area (Å²) in [6.07, 6.45) is 0.129. The Labute approximate surface area is 122 Å². The molecule has 0 spiro atoms. The van der Waals surface area contributed by atoms with Crippen molar-refractivity contribution in [3.05, 3.63) is 59.4 Å². The van der Waals surface area contributed by atoms with E-state index in [0.29, 0.717) is 11.3 Å². The lowest BCUT2D eigenvalue weighted by Gasteiger charge is -2.07. The Hall–Kier alpha value is -2.56. The average Bonchev–Trinajstić information content (AvgIpc) is 2.45. The summed E-state index contributed by atoms with van der Waals surface area (Å²) >= 11 is 0. The normalized spacial score (nSPS) is 10.2. The number of nitrogens with two attached hydrogens (primary N) is 1. The number of esters is 1. The van der Waals surface area contributed by atoms with Crippen LogP contribution >= 0.6 is 0 Å². The van der Waals surface area contributed by atoms with Crippen LogP contribution in [0.15, 0.2) is 42.5 Å². The van der Waals surface area contributed by atoms with Crippen molar-refractivity contribution < 1.29 is 18.7 Å². The van der Waals surface area contributed by atoms with Gasteiger partial charge in [0.05, 0.1) is 13.5 Å². The maximum atomic E-state index is 13.5. The fourth-order valence-corrected chi connectivity index (χ4v) is 1.88. The Kier molecular flexibility index (Phi) is 4.77. The van der Waals surface area contributed by atoms with Gasteiger partial charge >= 0.3 is 5.97 Å². The molecule has 0 bridgehead atoms. The SMILES string of the molecule is COc1ccc(COC(=O)Cc2cccc(N)c2)cc1F. The van der Waals surface area contributed by atoms with Crippen molar-refractivity contribution in [1.29, 1.82) is 0 Å². The molecule has 0 aromatic heterocycles. The predicted octanol–water partition coefficient (Wildman–Crippen LogP) is 2.70. The summed E-state index contributed by atoms with van der Waals surface area (Å²) in [4.78, 5) is 11.7. The van der Waals surface area contributed by atoms with Gasteiger partial charge < -0.3 is 15.2 Å². The van der Waals surface area contributed by atoms with Gasteiger partial charge in [0, 0.05) is 5.69 Å². The van der Waals surface area contributed by atoms with Crippen molar-refractivity contribution >= 4 is 11.7 Å². The minimum absolute atomic E-state index is 0.0159. The number of carbonyl (C=O) groups is 1. The monoisotopic (exact) mass is 289 g/mol. The summed E-state index contributed by atoms with van der Waals surface area (Å²) in [6.45, 7) is 0.0159. The molecule has 110 valence electrons. The zero-order valence-corrected chi connectivity index (χ0v) is 11.6. The molecule has 5 heteroatoms. The third-order valence-corrected chi connectivity index (χ3v) is 2.92. The zero-order valence-electron chi connectivity index (χ0n) is 11.6. The van der Waals surface area contributed by atoms with Gasteiger partial charge in [-0.1, -0.05) is 18.2 Å². The van der Waals surface area contributed by atoms with Gasteiger partial charge in [0.1, 0.15) is 6.61 Å². The molecule has 0 atom stereocenters. The van der Waals surface area contributed by atoms with Crippen LogP contribution in [0, 0.1) is 5.82 Å². The molecule has 2 rings (SSSR count). The van der Waals surface area contributed by atoms with Crippen LogP contribution in [0.2, 0.25) is 0 Å².